The van der Waals surface area contributed by atoms with E-state index in [1.807, 2.05) is 0 Å². The molecule has 0 unspecified atom stereocenters. The van der Waals surface area contributed by atoms with Gasteiger partial charge >= 0.3 is 104 Å². The number of hydrogen-bond acceptors (Lipinski definition) is 1. The summed E-state index contributed by atoms with van der Waals surface area (Å²) in [6, 6.07) is -5.07. The molecule has 0 aliphatic heterocycles. The van der Waals surface area contributed by atoms with Crippen LogP contribution in [0.5, 0.6) is 0 Å². The summed E-state index contributed by atoms with van der Waals surface area (Å²) in [6.07, 6.45) is -21.9. The third-order valence-corrected chi connectivity index (χ3v) is 8.53. The van der Waals surface area contributed by atoms with Crippen LogP contribution < -0.4 is 0 Å². The van der Waals surface area contributed by atoms with Crippen LogP contribution >= 0.6 is 7.75 Å². The highest BCUT2D eigenvalue weighted by atomic mass is 31.2. The fourth-order valence-corrected chi connectivity index (χ4v) is 4.32. The Hall–Kier alpha value is -2.13. The Kier molecular flexibility index (Phi) is 14.0. The molecule has 0 aliphatic carbocycles. The molecule has 0 aromatic rings. The third-order valence-electron chi connectivity index (χ3n) is 7.38. The molecule has 0 heterocycles. The van der Waals surface area contributed by atoms with E-state index >= 15 is 0 Å². The number of hydrogen-bond donors (Lipinski definition) is 2. The van der Waals surface area contributed by atoms with Crippen molar-refractivity contribution in [3.63, 3.8) is 0 Å². The monoisotopic (exact) mass is 953 g/mol. The van der Waals surface area contributed by atoms with Crippen LogP contribution in [0, 0.1) is 0 Å². The van der Waals surface area contributed by atoms with Gasteiger partial charge in [-0.2, -0.15) is 123 Å². The normalized spacial score (nSPS) is 16.8. The predicted molar refractivity (Wildman–Crippen MR) is 114 cm³/mol. The quantitative estimate of drug-likeness (QED) is 0.0943. The summed E-state index contributed by atoms with van der Waals surface area (Å²) in [5.74, 6) is -123. The summed E-state index contributed by atoms with van der Waals surface area (Å²) in [5, 5.41) is 0. The maximum atomic E-state index is 14.5. The first-order valence-electron chi connectivity index (χ1n) is 12.8. The number of rotatable bonds is 20. The molecule has 0 radical (unpaired) electrons. The lowest BCUT2D eigenvalue weighted by atomic mass is 9.85. The average Bonchev–Trinajstić information content (AvgIpc) is 2.98. The second kappa shape index (κ2) is 14.5. The molecule has 2 N–H and O–H groups in total. The van der Waals surface area contributed by atoms with E-state index in [2.05, 4.69) is 0 Å². The van der Waals surface area contributed by atoms with Gasteiger partial charge in [0.25, 0.3) is 0 Å². The van der Waals surface area contributed by atoms with Gasteiger partial charge in [0.2, 0.25) is 0 Å². The van der Waals surface area contributed by atoms with Crippen molar-refractivity contribution in [1.29, 1.82) is 0 Å². The van der Waals surface area contributed by atoms with E-state index in [0.717, 1.165) is 0 Å². The Morgan fingerprint density at radius 3 is 0.737 bits per heavy atom. The molecule has 0 bridgehead atoms. The zero-order chi connectivity index (χ0) is 47.2. The average molecular weight is 953 g/mol. The zero-order valence-corrected chi connectivity index (χ0v) is 26.3. The second-order valence-electron chi connectivity index (χ2n) is 11.1. The zero-order valence-electron chi connectivity index (χ0n) is 25.4. The summed E-state index contributed by atoms with van der Waals surface area (Å²) >= 11 is 0. The minimum Gasteiger partial charge on any atom is -0.312 e. The van der Waals surface area contributed by atoms with Crippen molar-refractivity contribution < 1.29 is 155 Å². The van der Waals surface area contributed by atoms with Crippen LogP contribution in [-0.2, 0) is 4.57 Å². The van der Waals surface area contributed by atoms with Gasteiger partial charge < -0.3 is 9.79 Å². The van der Waals surface area contributed by atoms with Crippen molar-refractivity contribution in [3.8, 4) is 0 Å². The lowest BCUT2D eigenvalue weighted by molar-refractivity contribution is -0.449. The fourth-order valence-electron chi connectivity index (χ4n) is 3.73. The minimum absolute atomic E-state index is 0.907. The lowest BCUT2D eigenvalue weighted by Gasteiger charge is -2.44. The van der Waals surface area contributed by atoms with Gasteiger partial charge in [0.05, 0.1) is 0 Å². The first-order valence-corrected chi connectivity index (χ1v) is 14.3. The van der Waals surface area contributed by atoms with Gasteiger partial charge in [-0.3, -0.25) is 0 Å². The molecule has 344 valence electrons. The molecule has 0 aromatic carbocycles. The molecule has 57 heavy (non-hydrogen) atoms. The van der Waals surface area contributed by atoms with Gasteiger partial charge in [-0.05, 0) is 7.05 Å². The van der Waals surface area contributed by atoms with E-state index in [0.29, 0.717) is 0 Å². The van der Waals surface area contributed by atoms with Crippen molar-refractivity contribution in [3.05, 3.63) is 0 Å². The molecular weight excluding hydrogens is 941 g/mol. The molecule has 0 atom stereocenters. The third kappa shape index (κ3) is 7.63. The molecule has 0 spiro atoms. The molecule has 0 aliphatic rings. The van der Waals surface area contributed by atoms with Crippen LogP contribution in [0.3, 0.4) is 0 Å². The standard InChI is InChI=1S/C20H12F32NO3P/c1-53(57(54,55)56)4(2-7(25,26)11(33,34)15(41,42)19(49,50)17(45,46)13(37,38)9(29,30)5(21)22)3-8(27,28)12(35,36)16(43,44)20(51,52)18(47,48)14(39,40)10(31,32)6(23)24/h4-6H,2-3H2,1H3,(H2,54,55,56). The summed E-state index contributed by atoms with van der Waals surface area (Å²) in [4.78, 5) is 17.7. The molecule has 0 saturated carbocycles. The number of nitrogens with zero attached hydrogens (tertiary/aromatic N) is 1. The van der Waals surface area contributed by atoms with Gasteiger partial charge in [0.1, 0.15) is 0 Å². The van der Waals surface area contributed by atoms with Crippen LogP contribution in [0.25, 0.3) is 0 Å². The Balaban J connectivity index is 7.58. The molecular formula is C20H12F32NO3P. The summed E-state index contributed by atoms with van der Waals surface area (Å²) in [5.41, 5.74) is 0. The molecule has 0 amide bonds. The van der Waals surface area contributed by atoms with Gasteiger partial charge in [-0.1, -0.05) is 0 Å². The van der Waals surface area contributed by atoms with Crippen LogP contribution in [0.1, 0.15) is 12.8 Å². The van der Waals surface area contributed by atoms with E-state index in [1.165, 1.54) is 0 Å². The van der Waals surface area contributed by atoms with Gasteiger partial charge in [0.15, 0.2) is 0 Å². The first-order chi connectivity index (χ1) is 24.1. The van der Waals surface area contributed by atoms with E-state index < -0.39 is 134 Å². The SMILES string of the molecule is CN(C(CC(F)(F)C(F)(F)C(F)(F)C(F)(F)C(F)(F)C(F)(F)C(F)(F)C(F)F)CC(F)(F)C(F)(F)C(F)(F)C(F)(F)C(F)(F)C(F)(F)C(F)(F)C(F)F)P(=O)(O)O. The van der Waals surface area contributed by atoms with Crippen molar-refractivity contribution in [1.82, 2.24) is 4.67 Å². The number of alkyl halides is 32. The molecule has 0 saturated heterocycles. The topological polar surface area (TPSA) is 60.8 Å². The summed E-state index contributed by atoms with van der Waals surface area (Å²) in [7, 11) is -8.04. The molecule has 0 rings (SSSR count). The van der Waals surface area contributed by atoms with E-state index in [-0.39, 0.29) is 0 Å². The highest BCUT2D eigenvalue weighted by molar-refractivity contribution is 7.49. The van der Waals surface area contributed by atoms with Crippen LogP contribution in [0.2, 0.25) is 0 Å². The maximum Gasteiger partial charge on any atom is 0.402 e. The Bertz CT molecular complexity index is 1370. The van der Waals surface area contributed by atoms with Gasteiger partial charge in [-0.25, -0.2) is 26.8 Å². The highest BCUT2D eigenvalue weighted by Gasteiger charge is 2.95. The van der Waals surface area contributed by atoms with Gasteiger partial charge in [-0.15, -0.1) is 0 Å². The number of halogens is 32. The Morgan fingerprint density at radius 2 is 0.561 bits per heavy atom. The molecule has 0 fully saturated rings. The minimum atomic E-state index is -9.27. The van der Waals surface area contributed by atoms with Crippen molar-refractivity contribution in [2.75, 3.05) is 7.05 Å². The fraction of sp³-hybridized carbons (Fsp3) is 1.00. The lowest BCUT2D eigenvalue weighted by Crippen LogP contribution is -2.74. The Morgan fingerprint density at radius 1 is 0.386 bits per heavy atom. The molecule has 0 aromatic heterocycles. The maximum absolute atomic E-state index is 14.5. The van der Waals surface area contributed by atoms with Crippen molar-refractivity contribution in [2.45, 2.75) is 115 Å². The van der Waals surface area contributed by atoms with Crippen molar-refractivity contribution in [2.24, 2.45) is 0 Å². The first kappa shape index (κ1) is 54.9. The predicted octanol–water partition coefficient (Wildman–Crippen LogP) is 10.6. The van der Waals surface area contributed by atoms with E-state index in [1.54, 1.807) is 0 Å². The highest BCUT2D eigenvalue weighted by Crippen LogP contribution is 2.66. The van der Waals surface area contributed by atoms with Crippen molar-refractivity contribution >= 4 is 7.75 Å². The van der Waals surface area contributed by atoms with E-state index in [4.69, 9.17) is 9.79 Å². The second-order valence-corrected chi connectivity index (χ2v) is 12.8. The van der Waals surface area contributed by atoms with Gasteiger partial charge in [0, 0.05) is 18.9 Å². The smallest absolute Gasteiger partial charge is 0.312 e. The summed E-state index contributed by atoms with van der Waals surface area (Å²) < 4.78 is 444. The molecule has 4 nitrogen and oxygen atoms in total. The van der Waals surface area contributed by atoms with E-state index in [9.17, 15) is 145 Å². The Labute approximate surface area is 290 Å². The summed E-state index contributed by atoms with van der Waals surface area (Å²) in [6.45, 7) is 0. The van der Waals surface area contributed by atoms with Crippen LogP contribution in [0.15, 0.2) is 0 Å². The van der Waals surface area contributed by atoms with Crippen LogP contribution in [0.4, 0.5) is 140 Å². The van der Waals surface area contributed by atoms with Crippen LogP contribution in [-0.4, -0.2) is 123 Å². The largest absolute Gasteiger partial charge is 0.402 e. The molecule has 37 heteroatoms.